The number of allylic oxidation sites excluding steroid dienone is 6. The Morgan fingerprint density at radius 2 is 2.14 bits per heavy atom. The Kier molecular flexibility index (Phi) is 8.93. The van der Waals surface area contributed by atoms with E-state index >= 15 is 0 Å². The molecule has 0 aromatic rings. The third-order valence-electron chi connectivity index (χ3n) is 4.00. The molecule has 28 heavy (non-hydrogen) atoms. The second kappa shape index (κ2) is 10.9. The number of carbonyl (C=O) groups excluding carboxylic acids is 1. The maximum absolute atomic E-state index is 11.6. The van der Waals surface area contributed by atoms with Crippen molar-refractivity contribution in [2.75, 3.05) is 6.61 Å². The van der Waals surface area contributed by atoms with Crippen molar-refractivity contribution >= 4 is 5.97 Å². The van der Waals surface area contributed by atoms with Crippen LogP contribution in [0.15, 0.2) is 47.1 Å². The molecule has 2 unspecified atom stereocenters. The minimum atomic E-state index is -1.18. The molecule has 0 bridgehead atoms. The van der Waals surface area contributed by atoms with Gasteiger partial charge in [0.15, 0.2) is 6.29 Å². The topological polar surface area (TPSA) is 103 Å². The van der Waals surface area contributed by atoms with Crippen molar-refractivity contribution in [2.24, 2.45) is 11.3 Å². The van der Waals surface area contributed by atoms with Crippen molar-refractivity contribution in [3.63, 3.8) is 0 Å². The number of esters is 1. The highest BCUT2D eigenvalue weighted by Crippen LogP contribution is 2.38. The van der Waals surface area contributed by atoms with Crippen LogP contribution in [0.1, 0.15) is 33.6 Å². The first-order valence-electron chi connectivity index (χ1n) is 8.82. The lowest BCUT2D eigenvalue weighted by Crippen LogP contribution is -2.21. The van der Waals surface area contributed by atoms with E-state index in [2.05, 4.69) is 18.6 Å². The van der Waals surface area contributed by atoms with E-state index in [9.17, 15) is 15.2 Å². The predicted molar refractivity (Wildman–Crippen MR) is 104 cm³/mol. The minimum absolute atomic E-state index is 0.0547. The molecule has 6 nitrogen and oxygen atoms in total. The largest absolute Gasteiger partial charge is 0.368 e. The SMILES string of the molecule is C#COC(=O)/C(C#N)=C/C=C1C=C(/C=C/C(C#N)C(O)OCC)CC(C)(C)C/1. The van der Waals surface area contributed by atoms with Crippen molar-refractivity contribution in [1.82, 2.24) is 0 Å². The number of hydrogen-bond acceptors (Lipinski definition) is 6. The third-order valence-corrected chi connectivity index (χ3v) is 4.00. The highest BCUT2D eigenvalue weighted by atomic mass is 16.6. The molecule has 2 atom stereocenters. The lowest BCUT2D eigenvalue weighted by molar-refractivity contribution is -0.132. The van der Waals surface area contributed by atoms with E-state index in [1.165, 1.54) is 6.08 Å². The van der Waals surface area contributed by atoms with E-state index in [-0.39, 0.29) is 11.0 Å². The second-order valence-electron chi connectivity index (χ2n) is 7.04. The van der Waals surface area contributed by atoms with Crippen LogP contribution >= 0.6 is 0 Å². The lowest BCUT2D eigenvalue weighted by atomic mass is 9.75. The van der Waals surface area contributed by atoms with Crippen molar-refractivity contribution in [3.05, 3.63) is 47.1 Å². The molecule has 1 aliphatic rings. The molecular formula is C22H24N2O4. The van der Waals surface area contributed by atoms with Crippen LogP contribution < -0.4 is 0 Å². The summed E-state index contributed by atoms with van der Waals surface area (Å²) < 4.78 is 9.46. The zero-order chi connectivity index (χ0) is 21.2. The summed E-state index contributed by atoms with van der Waals surface area (Å²) >= 11 is 0. The fraction of sp³-hybridized carbons (Fsp3) is 0.409. The summed E-state index contributed by atoms with van der Waals surface area (Å²) in [6.07, 6.45) is 15.4. The molecule has 0 fully saturated rings. The molecule has 1 N–H and O–H groups in total. The molecule has 1 aliphatic carbocycles. The van der Waals surface area contributed by atoms with Crippen LogP contribution in [0.2, 0.25) is 0 Å². The number of nitriles is 2. The van der Waals surface area contributed by atoms with Gasteiger partial charge >= 0.3 is 5.97 Å². The third kappa shape index (κ3) is 7.25. The van der Waals surface area contributed by atoms with Crippen LogP contribution in [-0.2, 0) is 14.3 Å². The summed E-state index contributed by atoms with van der Waals surface area (Å²) in [5, 5.41) is 28.1. The van der Waals surface area contributed by atoms with Gasteiger partial charge in [-0.25, -0.2) is 4.79 Å². The molecule has 1 rings (SSSR count). The van der Waals surface area contributed by atoms with E-state index in [1.807, 2.05) is 12.1 Å². The molecule has 146 valence electrons. The molecule has 0 amide bonds. The zero-order valence-electron chi connectivity index (χ0n) is 16.3. The maximum Gasteiger partial charge on any atom is 0.362 e. The van der Waals surface area contributed by atoms with Gasteiger partial charge in [-0.3, -0.25) is 0 Å². The van der Waals surface area contributed by atoms with E-state index in [4.69, 9.17) is 16.4 Å². The van der Waals surface area contributed by atoms with Crippen LogP contribution in [0.4, 0.5) is 0 Å². The summed E-state index contributed by atoms with van der Waals surface area (Å²) in [5.74, 6) is -1.65. The molecule has 0 radical (unpaired) electrons. The molecule has 0 saturated heterocycles. The van der Waals surface area contributed by atoms with E-state index in [0.29, 0.717) is 6.61 Å². The second-order valence-corrected chi connectivity index (χ2v) is 7.04. The van der Waals surface area contributed by atoms with Gasteiger partial charge in [0.25, 0.3) is 0 Å². The van der Waals surface area contributed by atoms with E-state index < -0.39 is 18.2 Å². The maximum atomic E-state index is 11.6. The molecule has 6 heteroatoms. The van der Waals surface area contributed by atoms with Crippen molar-refractivity contribution in [2.45, 2.75) is 39.9 Å². The first-order valence-corrected chi connectivity index (χ1v) is 8.82. The Morgan fingerprint density at radius 3 is 2.71 bits per heavy atom. The Labute approximate surface area is 166 Å². The Bertz CT molecular complexity index is 826. The van der Waals surface area contributed by atoms with E-state index in [0.717, 1.165) is 24.0 Å². The van der Waals surface area contributed by atoms with Gasteiger partial charge in [-0.2, -0.15) is 10.5 Å². The van der Waals surface area contributed by atoms with Crippen molar-refractivity contribution in [3.8, 4) is 24.7 Å². The van der Waals surface area contributed by atoms with Crippen LogP contribution in [0.25, 0.3) is 0 Å². The highest BCUT2D eigenvalue weighted by Gasteiger charge is 2.25. The van der Waals surface area contributed by atoms with Crippen molar-refractivity contribution < 1.29 is 19.4 Å². The Hall–Kier alpha value is -3.11. The average molecular weight is 380 g/mol. The number of terminal acetylenes is 1. The lowest BCUT2D eigenvalue weighted by Gasteiger charge is -2.30. The summed E-state index contributed by atoms with van der Waals surface area (Å²) in [6.45, 7) is 6.25. The van der Waals surface area contributed by atoms with Crippen LogP contribution in [-0.4, -0.2) is 24.0 Å². The number of ether oxygens (including phenoxy) is 2. The number of aliphatic hydroxyl groups is 1. The van der Waals surface area contributed by atoms with Gasteiger partial charge < -0.3 is 14.6 Å². The number of hydrogen-bond donors (Lipinski definition) is 1. The van der Waals surface area contributed by atoms with Crippen LogP contribution in [0.5, 0.6) is 0 Å². The molecule has 0 spiro atoms. The smallest absolute Gasteiger partial charge is 0.362 e. The number of aliphatic hydroxyl groups excluding tert-OH is 1. The molecule has 0 saturated carbocycles. The van der Waals surface area contributed by atoms with Gasteiger partial charge in [-0.15, -0.1) is 0 Å². The Balaban J connectivity index is 3.11. The summed E-state index contributed by atoms with van der Waals surface area (Å²) in [6, 6.07) is 3.78. The zero-order valence-corrected chi connectivity index (χ0v) is 16.3. The highest BCUT2D eigenvalue weighted by molar-refractivity contribution is 5.93. The van der Waals surface area contributed by atoms with E-state index in [1.54, 1.807) is 37.3 Å². The summed E-state index contributed by atoms with van der Waals surface area (Å²) in [4.78, 5) is 11.6. The summed E-state index contributed by atoms with van der Waals surface area (Å²) in [5.41, 5.74) is 1.63. The van der Waals surface area contributed by atoms with Gasteiger partial charge in [0.2, 0.25) is 0 Å². The quantitative estimate of drug-likeness (QED) is 0.239. The molecule has 0 aromatic heterocycles. The summed E-state index contributed by atoms with van der Waals surface area (Å²) in [7, 11) is 0. The monoisotopic (exact) mass is 380 g/mol. The number of rotatable bonds is 7. The molecule has 0 aliphatic heterocycles. The first-order chi connectivity index (χ1) is 13.3. The Morgan fingerprint density at radius 1 is 1.43 bits per heavy atom. The molecule has 0 aromatic carbocycles. The van der Waals surface area contributed by atoms with Gasteiger partial charge in [0.1, 0.15) is 23.7 Å². The van der Waals surface area contributed by atoms with Gasteiger partial charge in [0.05, 0.1) is 6.07 Å². The van der Waals surface area contributed by atoms with Gasteiger partial charge in [-0.05, 0) is 42.4 Å². The van der Waals surface area contributed by atoms with Gasteiger partial charge in [0, 0.05) is 6.61 Å². The fourth-order valence-corrected chi connectivity index (χ4v) is 2.88. The van der Waals surface area contributed by atoms with Crippen molar-refractivity contribution in [1.29, 1.82) is 10.5 Å². The first kappa shape index (κ1) is 22.9. The molecule has 0 heterocycles. The standard InChI is InChI=1S/C22H24N2O4/c1-5-27-20(25)18(14-23)9-7-16-11-17(13-22(3,4)12-16)8-10-19(15-24)21(26)28-6-2/h1,7-11,19,21,26H,6,12-13H2,2-4H3/b10-8+,16-7-,18-9+. The number of nitrogens with zero attached hydrogens (tertiary/aromatic N) is 2. The minimum Gasteiger partial charge on any atom is -0.368 e. The van der Waals surface area contributed by atoms with Gasteiger partial charge in [-0.1, -0.05) is 44.6 Å². The predicted octanol–water partition coefficient (Wildman–Crippen LogP) is 3.29. The molecular weight excluding hydrogens is 356 g/mol. The average Bonchev–Trinajstić information content (AvgIpc) is 2.62. The number of carbonyl (C=O) groups is 1. The van der Waals surface area contributed by atoms with Crippen LogP contribution in [0.3, 0.4) is 0 Å². The van der Waals surface area contributed by atoms with Crippen LogP contribution in [0, 0.1) is 46.5 Å². The normalized spacial score (nSPS) is 19.8. The fourth-order valence-electron chi connectivity index (χ4n) is 2.88.